The molecule has 0 radical (unpaired) electrons. The van der Waals surface area contributed by atoms with E-state index in [2.05, 4.69) is 5.43 Å². The fourth-order valence-corrected chi connectivity index (χ4v) is 0.921. The Balaban J connectivity index is 0. The Kier molecular flexibility index (Phi) is 9.02. The Labute approximate surface area is 72.9 Å². The largest absolute Gasteiger partial charge is 0.292 e. The summed E-state index contributed by atoms with van der Waals surface area (Å²) in [5, 5.41) is 1.92. The normalized spacial score (nSPS) is 16.8. The number of carbonyl (C=O) groups is 1. The molecule has 10 heavy (non-hydrogen) atoms. The van der Waals surface area contributed by atoms with E-state index in [0.29, 0.717) is 0 Å². The zero-order valence-corrected chi connectivity index (χ0v) is 7.21. The molecule has 1 N–H and O–H groups in total. The van der Waals surface area contributed by atoms with E-state index in [-0.39, 0.29) is 24.8 Å². The Bertz CT molecular complexity index is 85.7. The number of nitrogens with zero attached hydrogens (tertiary/aromatic N) is 1. The Morgan fingerprint density at radius 1 is 1.20 bits per heavy atom. The van der Waals surface area contributed by atoms with Crippen LogP contribution in [0.5, 0.6) is 0 Å². The molecule has 1 fully saturated rings. The molecule has 0 spiro atoms. The second-order valence-electron chi connectivity index (χ2n) is 1.94. The Morgan fingerprint density at radius 3 is 2.10 bits per heavy atom. The molecule has 0 aromatic rings. The smallest absolute Gasteiger partial charge is 0.221 e. The average Bonchev–Trinajstić information content (AvgIpc) is 2.19. The number of halogens is 2. The molecular weight excluding hydrogens is 175 g/mol. The lowest BCUT2D eigenvalue weighted by Crippen LogP contribution is -2.33. The third kappa shape index (κ3) is 3.93. The summed E-state index contributed by atoms with van der Waals surface area (Å²) in [6, 6.07) is 0. The van der Waals surface area contributed by atoms with E-state index in [1.54, 1.807) is 0 Å². The van der Waals surface area contributed by atoms with Gasteiger partial charge in [0.15, 0.2) is 0 Å². The van der Waals surface area contributed by atoms with E-state index >= 15 is 0 Å². The van der Waals surface area contributed by atoms with Gasteiger partial charge in [-0.3, -0.25) is 10.2 Å². The number of hydrogen-bond donors (Lipinski definition) is 1. The molecule has 0 aliphatic carbocycles. The highest BCUT2D eigenvalue weighted by Gasteiger charge is 2.08. The zero-order chi connectivity index (χ0) is 5.82. The van der Waals surface area contributed by atoms with E-state index in [0.717, 1.165) is 19.5 Å². The number of amides is 1. The van der Waals surface area contributed by atoms with Crippen LogP contribution in [0.25, 0.3) is 0 Å². The maximum atomic E-state index is 9.81. The number of hydrogen-bond acceptors (Lipinski definition) is 2. The summed E-state index contributed by atoms with van der Waals surface area (Å²) in [6.07, 6.45) is 3.15. The topological polar surface area (TPSA) is 32.3 Å². The van der Waals surface area contributed by atoms with E-state index in [4.69, 9.17) is 0 Å². The highest BCUT2D eigenvalue weighted by atomic mass is 35.5. The second kappa shape index (κ2) is 7.12. The monoisotopic (exact) mass is 186 g/mol. The quantitative estimate of drug-likeness (QED) is 0.641. The molecule has 1 aliphatic rings. The van der Waals surface area contributed by atoms with Crippen molar-refractivity contribution in [2.75, 3.05) is 13.1 Å². The molecule has 1 aliphatic heterocycles. The summed E-state index contributed by atoms with van der Waals surface area (Å²) in [6.45, 7) is 2.03. The fraction of sp³-hybridized carbons (Fsp3) is 0.800. The van der Waals surface area contributed by atoms with Crippen LogP contribution in [0.15, 0.2) is 0 Å². The van der Waals surface area contributed by atoms with Crippen LogP contribution in [-0.4, -0.2) is 24.5 Å². The number of nitrogens with one attached hydrogen (secondary N) is 1. The maximum Gasteiger partial charge on any atom is 0.221 e. The number of hydrazine groups is 1. The molecule has 62 valence electrons. The van der Waals surface area contributed by atoms with Crippen molar-refractivity contribution in [1.29, 1.82) is 0 Å². The van der Waals surface area contributed by atoms with Gasteiger partial charge in [0.2, 0.25) is 6.41 Å². The molecule has 0 aromatic heterocycles. The predicted molar refractivity (Wildman–Crippen MR) is 44.5 cm³/mol. The van der Waals surface area contributed by atoms with Crippen molar-refractivity contribution in [3.8, 4) is 0 Å². The van der Waals surface area contributed by atoms with Crippen molar-refractivity contribution in [2.45, 2.75) is 12.8 Å². The highest BCUT2D eigenvalue weighted by molar-refractivity contribution is 5.85. The van der Waals surface area contributed by atoms with Crippen LogP contribution in [0.4, 0.5) is 0 Å². The number of carbonyl (C=O) groups excluding carboxylic acids is 1. The lowest BCUT2D eigenvalue weighted by atomic mass is 10.4. The van der Waals surface area contributed by atoms with Crippen molar-refractivity contribution >= 4 is 31.2 Å². The van der Waals surface area contributed by atoms with E-state index in [1.165, 1.54) is 12.8 Å². The van der Waals surface area contributed by atoms with Gasteiger partial charge in [-0.1, -0.05) is 0 Å². The third-order valence-corrected chi connectivity index (χ3v) is 1.34. The van der Waals surface area contributed by atoms with Crippen LogP contribution in [-0.2, 0) is 4.79 Å². The standard InChI is InChI=1S/C5H10N2O.2ClH/c8-5-6-7-3-1-2-4-7;;/h5H,1-4H2,(H,6,8);2*1H. The van der Waals surface area contributed by atoms with Crippen LogP contribution < -0.4 is 5.43 Å². The maximum absolute atomic E-state index is 9.81. The molecule has 1 saturated heterocycles. The summed E-state index contributed by atoms with van der Waals surface area (Å²) in [5.41, 5.74) is 2.60. The molecule has 5 heteroatoms. The van der Waals surface area contributed by atoms with Crippen LogP contribution >= 0.6 is 24.8 Å². The first-order valence-electron chi connectivity index (χ1n) is 2.88. The zero-order valence-electron chi connectivity index (χ0n) is 5.58. The van der Waals surface area contributed by atoms with E-state index < -0.39 is 0 Å². The van der Waals surface area contributed by atoms with E-state index in [1.807, 2.05) is 5.01 Å². The fourth-order valence-electron chi connectivity index (χ4n) is 0.921. The van der Waals surface area contributed by atoms with Crippen LogP contribution in [0.2, 0.25) is 0 Å². The molecule has 1 amide bonds. The summed E-state index contributed by atoms with van der Waals surface area (Å²) in [5.74, 6) is 0. The van der Waals surface area contributed by atoms with Gasteiger partial charge in [-0.15, -0.1) is 24.8 Å². The van der Waals surface area contributed by atoms with Crippen molar-refractivity contribution in [1.82, 2.24) is 10.4 Å². The molecule has 1 heterocycles. The van der Waals surface area contributed by atoms with Gasteiger partial charge in [-0.25, -0.2) is 5.01 Å². The Hall–Kier alpha value is 0.01000. The first-order chi connectivity index (χ1) is 3.93. The molecule has 0 aromatic carbocycles. The van der Waals surface area contributed by atoms with Gasteiger partial charge in [0.25, 0.3) is 0 Å². The van der Waals surface area contributed by atoms with Crippen LogP contribution in [0, 0.1) is 0 Å². The minimum Gasteiger partial charge on any atom is -0.292 e. The minimum absolute atomic E-state index is 0. The van der Waals surface area contributed by atoms with Gasteiger partial charge in [0, 0.05) is 13.1 Å². The predicted octanol–water partition coefficient (Wildman–Crippen LogP) is 0.587. The average molecular weight is 187 g/mol. The lowest BCUT2D eigenvalue weighted by Gasteiger charge is -2.10. The van der Waals surface area contributed by atoms with Crippen LogP contribution in [0.1, 0.15) is 12.8 Å². The van der Waals surface area contributed by atoms with Gasteiger partial charge < -0.3 is 0 Å². The molecular formula is C5H12Cl2N2O. The van der Waals surface area contributed by atoms with Crippen molar-refractivity contribution in [2.24, 2.45) is 0 Å². The van der Waals surface area contributed by atoms with Gasteiger partial charge >= 0.3 is 0 Å². The van der Waals surface area contributed by atoms with Gasteiger partial charge in [-0.2, -0.15) is 0 Å². The summed E-state index contributed by atoms with van der Waals surface area (Å²) >= 11 is 0. The van der Waals surface area contributed by atoms with E-state index in [9.17, 15) is 4.79 Å². The first-order valence-corrected chi connectivity index (χ1v) is 2.88. The SMILES string of the molecule is Cl.Cl.O=CNN1CCCC1. The molecule has 0 bridgehead atoms. The Morgan fingerprint density at radius 2 is 1.70 bits per heavy atom. The molecule has 0 unspecified atom stereocenters. The third-order valence-electron chi connectivity index (χ3n) is 1.34. The lowest BCUT2D eigenvalue weighted by molar-refractivity contribution is -0.113. The van der Waals surface area contributed by atoms with Gasteiger partial charge in [0.1, 0.15) is 0 Å². The second-order valence-corrected chi connectivity index (χ2v) is 1.94. The molecule has 0 atom stereocenters. The van der Waals surface area contributed by atoms with Crippen LogP contribution in [0.3, 0.4) is 0 Å². The van der Waals surface area contributed by atoms with Crippen molar-refractivity contribution in [3.05, 3.63) is 0 Å². The highest BCUT2D eigenvalue weighted by Crippen LogP contribution is 2.01. The summed E-state index contributed by atoms with van der Waals surface area (Å²) in [4.78, 5) is 9.81. The van der Waals surface area contributed by atoms with Crippen molar-refractivity contribution < 1.29 is 4.79 Å². The van der Waals surface area contributed by atoms with Gasteiger partial charge in [-0.05, 0) is 12.8 Å². The molecule has 3 nitrogen and oxygen atoms in total. The molecule has 0 saturated carbocycles. The first kappa shape index (κ1) is 12.7. The number of rotatable bonds is 2. The summed E-state index contributed by atoms with van der Waals surface area (Å²) in [7, 11) is 0. The minimum atomic E-state index is 0. The van der Waals surface area contributed by atoms with Gasteiger partial charge in [0.05, 0.1) is 0 Å². The molecule has 1 rings (SSSR count). The van der Waals surface area contributed by atoms with Crippen molar-refractivity contribution in [3.63, 3.8) is 0 Å². The summed E-state index contributed by atoms with van der Waals surface area (Å²) < 4.78 is 0.